The monoisotopic (exact) mass is 263 g/mol. The molecule has 0 radical (unpaired) electrons. The normalized spacial score (nSPS) is 12.6. The smallest absolute Gasteiger partial charge is 0.193 e. The van der Waals surface area contributed by atoms with E-state index in [1.54, 1.807) is 6.07 Å². The summed E-state index contributed by atoms with van der Waals surface area (Å²) in [5.74, 6) is 0.839. The number of halogens is 1. The molecule has 1 atom stereocenters. The molecule has 1 unspecified atom stereocenters. The maximum Gasteiger partial charge on any atom is 0.193 e. The molecule has 1 aromatic carbocycles. The highest BCUT2D eigenvalue weighted by molar-refractivity contribution is 6.28. The van der Waals surface area contributed by atoms with E-state index in [9.17, 15) is 0 Å². The molecule has 0 saturated heterocycles. The Morgan fingerprint density at radius 2 is 1.89 bits per heavy atom. The van der Waals surface area contributed by atoms with Crippen LogP contribution < -0.4 is 5.32 Å². The molecular weight excluding hydrogens is 246 g/mol. The summed E-state index contributed by atoms with van der Waals surface area (Å²) in [5.41, 5.74) is 2.55. The standard InChI is InChI=1S/C15H18ClNO/c1-3-4-11-5-7-12(8-6-11)15(17-2)13-9-10-14(16)18-13/h5-10,15,17H,3-4H2,1-2H3. The van der Waals surface area contributed by atoms with Crippen molar-refractivity contribution >= 4 is 11.6 Å². The van der Waals surface area contributed by atoms with Crippen molar-refractivity contribution in [3.63, 3.8) is 0 Å². The maximum atomic E-state index is 5.82. The third-order valence-corrected chi connectivity index (χ3v) is 3.22. The van der Waals surface area contributed by atoms with Gasteiger partial charge < -0.3 is 9.73 Å². The van der Waals surface area contributed by atoms with Crippen LogP contribution in [0.5, 0.6) is 0 Å². The van der Waals surface area contributed by atoms with Gasteiger partial charge in [-0.3, -0.25) is 0 Å². The largest absolute Gasteiger partial charge is 0.448 e. The van der Waals surface area contributed by atoms with E-state index >= 15 is 0 Å². The van der Waals surface area contributed by atoms with E-state index in [1.807, 2.05) is 13.1 Å². The van der Waals surface area contributed by atoms with Gasteiger partial charge in [-0.25, -0.2) is 0 Å². The van der Waals surface area contributed by atoms with Gasteiger partial charge in [0.15, 0.2) is 5.22 Å². The number of nitrogens with one attached hydrogen (secondary N) is 1. The van der Waals surface area contributed by atoms with E-state index in [1.165, 1.54) is 17.5 Å². The molecule has 0 aliphatic rings. The zero-order chi connectivity index (χ0) is 13.0. The summed E-state index contributed by atoms with van der Waals surface area (Å²) >= 11 is 5.82. The lowest BCUT2D eigenvalue weighted by Crippen LogP contribution is -2.16. The average Bonchev–Trinajstić information content (AvgIpc) is 2.79. The van der Waals surface area contributed by atoms with Crippen LogP contribution in [0.3, 0.4) is 0 Å². The first-order valence-corrected chi connectivity index (χ1v) is 6.63. The summed E-state index contributed by atoms with van der Waals surface area (Å²) in [4.78, 5) is 0. The minimum atomic E-state index is 0.0492. The molecule has 0 fully saturated rings. The van der Waals surface area contributed by atoms with Crippen LogP contribution in [0, 0.1) is 0 Å². The summed E-state index contributed by atoms with van der Waals surface area (Å²) in [6.07, 6.45) is 2.29. The Balaban J connectivity index is 2.22. The molecule has 0 bridgehead atoms. The molecule has 1 N–H and O–H groups in total. The van der Waals surface area contributed by atoms with Gasteiger partial charge in [-0.15, -0.1) is 0 Å². The fraction of sp³-hybridized carbons (Fsp3) is 0.333. The minimum absolute atomic E-state index is 0.0492. The molecule has 2 nitrogen and oxygen atoms in total. The van der Waals surface area contributed by atoms with Crippen LogP contribution in [0.4, 0.5) is 0 Å². The second-order valence-electron chi connectivity index (χ2n) is 4.36. The number of hydrogen-bond acceptors (Lipinski definition) is 2. The predicted octanol–water partition coefficient (Wildman–Crippen LogP) is 4.19. The Kier molecular flexibility index (Phi) is 4.45. The molecule has 96 valence electrons. The summed E-state index contributed by atoms with van der Waals surface area (Å²) in [6.45, 7) is 2.19. The highest BCUT2D eigenvalue weighted by Crippen LogP contribution is 2.25. The van der Waals surface area contributed by atoms with Gasteiger partial charge in [0.2, 0.25) is 0 Å². The van der Waals surface area contributed by atoms with Gasteiger partial charge >= 0.3 is 0 Å². The highest BCUT2D eigenvalue weighted by Gasteiger charge is 2.15. The molecule has 1 aromatic heterocycles. The summed E-state index contributed by atoms with van der Waals surface area (Å²) in [7, 11) is 1.92. The van der Waals surface area contributed by atoms with Crippen molar-refractivity contribution in [3.8, 4) is 0 Å². The van der Waals surface area contributed by atoms with Gasteiger partial charge in [-0.1, -0.05) is 37.6 Å². The average molecular weight is 264 g/mol. The fourth-order valence-corrected chi connectivity index (χ4v) is 2.27. The topological polar surface area (TPSA) is 25.2 Å². The second-order valence-corrected chi connectivity index (χ2v) is 4.73. The van der Waals surface area contributed by atoms with Gasteiger partial charge in [0.05, 0.1) is 6.04 Å². The van der Waals surface area contributed by atoms with Crippen LogP contribution in [0.2, 0.25) is 5.22 Å². The van der Waals surface area contributed by atoms with Crippen molar-refractivity contribution in [1.82, 2.24) is 5.32 Å². The molecule has 0 aliphatic carbocycles. The zero-order valence-corrected chi connectivity index (χ0v) is 11.5. The molecule has 0 amide bonds. The van der Waals surface area contributed by atoms with Crippen LogP contribution in [0.25, 0.3) is 0 Å². The van der Waals surface area contributed by atoms with Crippen molar-refractivity contribution in [2.45, 2.75) is 25.8 Å². The van der Waals surface area contributed by atoms with Crippen molar-refractivity contribution in [2.24, 2.45) is 0 Å². The fourth-order valence-electron chi connectivity index (χ4n) is 2.12. The highest BCUT2D eigenvalue weighted by atomic mass is 35.5. The maximum absolute atomic E-state index is 5.82. The molecule has 0 spiro atoms. The van der Waals surface area contributed by atoms with E-state index in [0.29, 0.717) is 5.22 Å². The number of aryl methyl sites for hydroxylation is 1. The Bertz CT molecular complexity index is 489. The third-order valence-electron chi connectivity index (χ3n) is 3.02. The second kappa shape index (κ2) is 6.07. The number of benzene rings is 1. The molecule has 0 aliphatic heterocycles. The van der Waals surface area contributed by atoms with E-state index in [-0.39, 0.29) is 6.04 Å². The van der Waals surface area contributed by atoms with E-state index in [2.05, 4.69) is 36.5 Å². The lowest BCUT2D eigenvalue weighted by Gasteiger charge is -2.14. The number of rotatable bonds is 5. The molecule has 18 heavy (non-hydrogen) atoms. The quantitative estimate of drug-likeness (QED) is 0.875. The lowest BCUT2D eigenvalue weighted by molar-refractivity contribution is 0.465. The van der Waals surface area contributed by atoms with Crippen LogP contribution in [0.1, 0.15) is 36.3 Å². The molecular formula is C15H18ClNO. The summed E-state index contributed by atoms with van der Waals surface area (Å²) < 4.78 is 5.47. The van der Waals surface area contributed by atoms with E-state index < -0.39 is 0 Å². The molecule has 1 heterocycles. The first kappa shape index (κ1) is 13.2. The third kappa shape index (κ3) is 2.95. The zero-order valence-electron chi connectivity index (χ0n) is 10.7. The van der Waals surface area contributed by atoms with Gasteiger partial charge in [0.1, 0.15) is 5.76 Å². The number of hydrogen-bond donors (Lipinski definition) is 1. The van der Waals surface area contributed by atoms with Crippen molar-refractivity contribution < 1.29 is 4.42 Å². The number of furan rings is 1. The van der Waals surface area contributed by atoms with Crippen molar-refractivity contribution in [2.75, 3.05) is 7.05 Å². The Hall–Kier alpha value is -1.25. The van der Waals surface area contributed by atoms with E-state index in [0.717, 1.165) is 12.2 Å². The Morgan fingerprint density at radius 3 is 2.39 bits per heavy atom. The summed E-state index contributed by atoms with van der Waals surface area (Å²) in [5, 5.41) is 3.67. The first-order chi connectivity index (χ1) is 8.74. The SMILES string of the molecule is CCCc1ccc(C(NC)c2ccc(Cl)o2)cc1. The molecule has 3 heteroatoms. The minimum Gasteiger partial charge on any atom is -0.448 e. The van der Waals surface area contributed by atoms with Gasteiger partial charge in [-0.05, 0) is 48.3 Å². The Labute approximate surface area is 113 Å². The van der Waals surface area contributed by atoms with Gasteiger partial charge in [-0.2, -0.15) is 0 Å². The van der Waals surface area contributed by atoms with Gasteiger partial charge in [0.25, 0.3) is 0 Å². The first-order valence-electron chi connectivity index (χ1n) is 6.26. The van der Waals surface area contributed by atoms with Gasteiger partial charge in [0, 0.05) is 0 Å². The lowest BCUT2D eigenvalue weighted by atomic mass is 10.0. The van der Waals surface area contributed by atoms with Crippen LogP contribution in [-0.2, 0) is 6.42 Å². The van der Waals surface area contributed by atoms with Crippen molar-refractivity contribution in [1.29, 1.82) is 0 Å². The van der Waals surface area contributed by atoms with Crippen LogP contribution in [0.15, 0.2) is 40.8 Å². The molecule has 0 saturated carbocycles. The van der Waals surface area contributed by atoms with Crippen molar-refractivity contribution in [3.05, 3.63) is 58.5 Å². The van der Waals surface area contributed by atoms with Crippen LogP contribution in [-0.4, -0.2) is 7.05 Å². The van der Waals surface area contributed by atoms with E-state index in [4.69, 9.17) is 16.0 Å². The van der Waals surface area contributed by atoms with Crippen LogP contribution >= 0.6 is 11.6 Å². The molecule has 2 aromatic rings. The Morgan fingerprint density at radius 1 is 1.17 bits per heavy atom. The molecule has 2 rings (SSSR count). The predicted molar refractivity (Wildman–Crippen MR) is 75.1 cm³/mol. The summed E-state index contributed by atoms with van der Waals surface area (Å²) in [6, 6.07) is 12.4.